The lowest BCUT2D eigenvalue weighted by Gasteiger charge is -2.20. The molecule has 1 atom stereocenters. The first kappa shape index (κ1) is 16.9. The molecule has 0 saturated carbocycles. The lowest BCUT2D eigenvalue weighted by atomic mass is 9.95. The zero-order valence-corrected chi connectivity index (χ0v) is 12.4. The van der Waals surface area contributed by atoms with E-state index in [9.17, 15) is 19.7 Å². The van der Waals surface area contributed by atoms with E-state index in [1.165, 1.54) is 24.3 Å². The van der Waals surface area contributed by atoms with E-state index >= 15 is 0 Å². The van der Waals surface area contributed by atoms with E-state index in [1.54, 1.807) is 0 Å². The zero-order chi connectivity index (χ0) is 16.8. The number of benzene rings is 1. The number of esters is 1. The Bertz CT molecular complexity index is 580. The van der Waals surface area contributed by atoms with Crippen LogP contribution in [0.2, 0.25) is 0 Å². The minimum Gasteiger partial charge on any atom is -0.481 e. The molecule has 1 unspecified atom stereocenters. The van der Waals surface area contributed by atoms with Crippen molar-refractivity contribution in [1.82, 2.24) is 5.32 Å². The van der Waals surface area contributed by atoms with Crippen molar-refractivity contribution in [3.63, 3.8) is 0 Å². The summed E-state index contributed by atoms with van der Waals surface area (Å²) >= 11 is 0. The number of piperidine rings is 1. The van der Waals surface area contributed by atoms with E-state index in [1.807, 2.05) is 0 Å². The van der Waals surface area contributed by atoms with Crippen LogP contribution in [0.5, 0.6) is 0 Å². The number of carbonyl (C=O) groups is 2. The van der Waals surface area contributed by atoms with E-state index in [-0.39, 0.29) is 0 Å². The molecule has 124 valence electrons. The number of aliphatic carboxylic acids is 1. The van der Waals surface area contributed by atoms with Crippen LogP contribution in [-0.2, 0) is 9.53 Å². The molecule has 23 heavy (non-hydrogen) atoms. The van der Waals surface area contributed by atoms with Crippen molar-refractivity contribution in [2.45, 2.75) is 25.5 Å². The molecule has 8 heteroatoms. The van der Waals surface area contributed by atoms with Crippen molar-refractivity contribution in [3.8, 4) is 0 Å². The second-order valence-electron chi connectivity index (χ2n) is 5.46. The number of carbonyl (C=O) groups excluding carboxylic acids is 1. The van der Waals surface area contributed by atoms with Crippen molar-refractivity contribution in [2.75, 3.05) is 13.1 Å². The van der Waals surface area contributed by atoms with Gasteiger partial charge in [-0.15, -0.1) is 0 Å². The van der Waals surface area contributed by atoms with Gasteiger partial charge in [-0.2, -0.15) is 0 Å². The molecule has 0 amide bonds. The van der Waals surface area contributed by atoms with Crippen LogP contribution in [-0.4, -0.2) is 35.1 Å². The third kappa shape index (κ3) is 4.75. The topological polar surface area (TPSA) is 119 Å². The van der Waals surface area contributed by atoms with Gasteiger partial charge in [-0.05, 0) is 56.1 Å². The van der Waals surface area contributed by atoms with Gasteiger partial charge in [-0.25, -0.2) is 4.79 Å². The Morgan fingerprint density at radius 2 is 1.91 bits per heavy atom. The average Bonchev–Trinajstić information content (AvgIpc) is 2.78. The summed E-state index contributed by atoms with van der Waals surface area (Å²) in [5, 5.41) is 22.1. The van der Waals surface area contributed by atoms with Crippen molar-refractivity contribution in [3.05, 3.63) is 45.5 Å². The maximum absolute atomic E-state index is 11.1. The highest BCUT2D eigenvalue weighted by Crippen LogP contribution is 2.24. The summed E-state index contributed by atoms with van der Waals surface area (Å²) in [5.74, 6) is -0.896. The molecule has 3 aliphatic heterocycles. The number of hydrogen-bond acceptors (Lipinski definition) is 6. The molecule has 2 N–H and O–H groups in total. The van der Waals surface area contributed by atoms with E-state index in [4.69, 9.17) is 5.11 Å². The maximum atomic E-state index is 11.1. The van der Waals surface area contributed by atoms with E-state index < -0.39 is 23.1 Å². The summed E-state index contributed by atoms with van der Waals surface area (Å²) in [6, 6.07) is 6.07. The molecule has 3 aliphatic rings. The number of nitro groups is 1. The Labute approximate surface area is 132 Å². The molecule has 1 fully saturated rings. The first-order chi connectivity index (χ1) is 11.0. The normalized spacial score (nSPS) is 20.0. The lowest BCUT2D eigenvalue weighted by Crippen LogP contribution is -2.28. The summed E-state index contributed by atoms with van der Waals surface area (Å²) in [5.41, 5.74) is 0.729. The molecule has 1 aromatic rings. The van der Waals surface area contributed by atoms with Gasteiger partial charge in [0, 0.05) is 6.42 Å². The first-order valence-electron chi connectivity index (χ1n) is 7.34. The quantitative estimate of drug-likeness (QED) is 0.492. The Balaban J connectivity index is 0.000000174. The lowest BCUT2D eigenvalue weighted by molar-refractivity contribution is -0.574. The van der Waals surface area contributed by atoms with Gasteiger partial charge in [0.05, 0.1) is 16.1 Å². The SMILES string of the molecule is O=C(O)CC1CCNCC1.O=C1OC([N+](=O)[O-])c2ccc1cc2. The molecule has 0 spiro atoms. The molecular weight excluding hydrogens is 304 g/mol. The number of nitrogens with one attached hydrogen (secondary N) is 1. The summed E-state index contributed by atoms with van der Waals surface area (Å²) in [6.07, 6.45) is 1.03. The number of fused-ring (bicyclic) bond motifs is 4. The number of ether oxygens (including phenoxy) is 1. The molecule has 1 aromatic carbocycles. The fourth-order valence-corrected chi connectivity index (χ4v) is 2.52. The van der Waals surface area contributed by atoms with Crippen molar-refractivity contribution >= 4 is 11.9 Å². The van der Waals surface area contributed by atoms with E-state index in [0.717, 1.165) is 25.9 Å². The second-order valence-corrected chi connectivity index (χ2v) is 5.46. The van der Waals surface area contributed by atoms with Crippen molar-refractivity contribution in [2.24, 2.45) is 5.92 Å². The van der Waals surface area contributed by atoms with E-state index in [2.05, 4.69) is 10.1 Å². The van der Waals surface area contributed by atoms with Crippen LogP contribution >= 0.6 is 0 Å². The number of carboxylic acids is 1. The van der Waals surface area contributed by atoms with Crippen LogP contribution in [0.15, 0.2) is 24.3 Å². The number of nitrogens with zero attached hydrogens (tertiary/aromatic N) is 1. The highest BCUT2D eigenvalue weighted by molar-refractivity contribution is 5.90. The highest BCUT2D eigenvalue weighted by atomic mass is 16.7. The van der Waals surface area contributed by atoms with Crippen LogP contribution in [0.3, 0.4) is 0 Å². The minimum absolute atomic E-state index is 0.341. The molecule has 3 heterocycles. The van der Waals surface area contributed by atoms with E-state index in [0.29, 0.717) is 23.5 Å². The van der Waals surface area contributed by atoms with Crippen LogP contribution in [0.25, 0.3) is 0 Å². The number of hydrogen-bond donors (Lipinski definition) is 2. The minimum atomic E-state index is -1.36. The molecule has 0 aromatic heterocycles. The standard InChI is InChI=1S/C8H5NO4.C7H13NO2/c10-8-6-3-1-5(2-4-6)7(13-8)9(11)12;9-7(10)5-6-1-3-8-4-2-6/h1-4,7H;6,8H,1-5H2,(H,9,10). The summed E-state index contributed by atoms with van der Waals surface area (Å²) in [6.45, 7) is 1.97. The fourth-order valence-electron chi connectivity index (χ4n) is 2.52. The fraction of sp³-hybridized carbons (Fsp3) is 0.467. The summed E-state index contributed by atoms with van der Waals surface area (Å²) in [4.78, 5) is 31.2. The molecular formula is C15H18N2O6. The van der Waals surface area contributed by atoms with Crippen molar-refractivity contribution < 1.29 is 24.4 Å². The Morgan fingerprint density at radius 1 is 1.30 bits per heavy atom. The van der Waals surface area contributed by atoms with Gasteiger partial charge >= 0.3 is 18.2 Å². The molecule has 8 nitrogen and oxygen atoms in total. The summed E-state index contributed by atoms with van der Waals surface area (Å²) in [7, 11) is 0. The van der Waals surface area contributed by atoms with Gasteiger partial charge in [0.1, 0.15) is 0 Å². The second kappa shape index (κ2) is 7.68. The molecule has 2 bridgehead atoms. The Kier molecular flexibility index (Phi) is 5.64. The van der Waals surface area contributed by atoms with Gasteiger partial charge in [0.15, 0.2) is 0 Å². The van der Waals surface area contributed by atoms with Crippen LogP contribution in [0, 0.1) is 16.0 Å². The highest BCUT2D eigenvalue weighted by Gasteiger charge is 2.30. The predicted octanol–water partition coefficient (Wildman–Crippen LogP) is 1.59. The molecule has 4 rings (SSSR count). The third-order valence-corrected chi connectivity index (χ3v) is 3.76. The number of rotatable bonds is 3. The third-order valence-electron chi connectivity index (χ3n) is 3.76. The number of carboxylic acid groups (broad SMARTS) is 1. The van der Waals surface area contributed by atoms with Crippen LogP contribution in [0.4, 0.5) is 0 Å². The zero-order valence-electron chi connectivity index (χ0n) is 12.4. The first-order valence-corrected chi connectivity index (χ1v) is 7.34. The summed E-state index contributed by atoms with van der Waals surface area (Å²) < 4.78 is 4.62. The maximum Gasteiger partial charge on any atom is 0.383 e. The van der Waals surface area contributed by atoms with Crippen molar-refractivity contribution in [1.29, 1.82) is 0 Å². The van der Waals surface area contributed by atoms with Gasteiger partial charge in [-0.3, -0.25) is 14.9 Å². The van der Waals surface area contributed by atoms with Crippen LogP contribution in [0.1, 0.15) is 41.4 Å². The molecule has 0 radical (unpaired) electrons. The van der Waals surface area contributed by atoms with Gasteiger partial charge in [-0.1, -0.05) is 0 Å². The van der Waals surface area contributed by atoms with Gasteiger partial charge < -0.3 is 15.2 Å². The predicted molar refractivity (Wildman–Crippen MR) is 79.4 cm³/mol. The Morgan fingerprint density at radius 3 is 2.43 bits per heavy atom. The molecule has 0 aliphatic carbocycles. The Hall–Kier alpha value is -2.48. The van der Waals surface area contributed by atoms with Gasteiger partial charge in [0.25, 0.3) is 0 Å². The van der Waals surface area contributed by atoms with Gasteiger partial charge in [0.2, 0.25) is 0 Å². The van der Waals surface area contributed by atoms with Crippen LogP contribution < -0.4 is 5.32 Å². The smallest absolute Gasteiger partial charge is 0.383 e. The molecule has 1 saturated heterocycles. The average molecular weight is 322 g/mol. The largest absolute Gasteiger partial charge is 0.481 e. The monoisotopic (exact) mass is 322 g/mol.